The van der Waals surface area contributed by atoms with Crippen molar-refractivity contribution in [1.82, 2.24) is 4.72 Å². The maximum atomic E-state index is 13.2. The van der Waals surface area contributed by atoms with Crippen LogP contribution in [0, 0.1) is 11.2 Å². The van der Waals surface area contributed by atoms with E-state index in [2.05, 4.69) is 4.72 Å². The van der Waals surface area contributed by atoms with Crippen molar-refractivity contribution in [1.29, 1.82) is 0 Å². The first-order chi connectivity index (χ1) is 9.30. The van der Waals surface area contributed by atoms with Crippen LogP contribution in [0.3, 0.4) is 0 Å². The summed E-state index contributed by atoms with van der Waals surface area (Å²) in [6, 6.07) is 3.20. The largest absolute Gasteiger partial charge is 0.398 e. The van der Waals surface area contributed by atoms with Crippen LogP contribution >= 0.6 is 0 Å². The molecule has 0 aliphatic carbocycles. The molecule has 7 heteroatoms. The monoisotopic (exact) mass is 304 g/mol. The first kappa shape index (κ1) is 16.9. The molecule has 0 atom stereocenters. The minimum absolute atomic E-state index is 0.0125. The Hall–Kier alpha value is -1.18. The molecule has 0 spiro atoms. The average Bonchev–Trinajstić information content (AvgIpc) is 2.43. The van der Waals surface area contributed by atoms with Crippen LogP contribution in [0.4, 0.5) is 10.1 Å². The summed E-state index contributed by atoms with van der Waals surface area (Å²) in [6.45, 7) is 3.71. The van der Waals surface area contributed by atoms with E-state index in [-0.39, 0.29) is 23.7 Å². The summed E-state index contributed by atoms with van der Waals surface area (Å²) in [4.78, 5) is -0.281. The molecule has 0 aliphatic heterocycles. The SMILES string of the molecule is CCC(CC)(CO)CNS(=O)(=O)c1cc(F)ccc1N. The van der Waals surface area contributed by atoms with Gasteiger partial charge in [-0.05, 0) is 31.0 Å². The Morgan fingerprint density at radius 3 is 2.45 bits per heavy atom. The molecule has 0 bridgehead atoms. The Morgan fingerprint density at radius 2 is 1.95 bits per heavy atom. The van der Waals surface area contributed by atoms with E-state index in [0.29, 0.717) is 12.8 Å². The number of rotatable bonds is 7. The Bertz CT molecular complexity index is 548. The lowest BCUT2D eigenvalue weighted by Gasteiger charge is -2.29. The summed E-state index contributed by atoms with van der Waals surface area (Å²) in [6.07, 6.45) is 1.25. The summed E-state index contributed by atoms with van der Waals surface area (Å²) in [5, 5.41) is 9.42. The van der Waals surface area contributed by atoms with E-state index in [1.165, 1.54) is 6.07 Å². The molecule has 1 aromatic carbocycles. The number of nitrogen functional groups attached to an aromatic ring is 1. The van der Waals surface area contributed by atoms with Crippen molar-refractivity contribution in [3.05, 3.63) is 24.0 Å². The molecule has 0 aromatic heterocycles. The summed E-state index contributed by atoms with van der Waals surface area (Å²) < 4.78 is 39.9. The van der Waals surface area contributed by atoms with Gasteiger partial charge in [-0.2, -0.15) is 0 Å². The molecule has 20 heavy (non-hydrogen) atoms. The van der Waals surface area contributed by atoms with Crippen LogP contribution in [0.15, 0.2) is 23.1 Å². The van der Waals surface area contributed by atoms with E-state index in [9.17, 15) is 17.9 Å². The number of halogens is 1. The van der Waals surface area contributed by atoms with Gasteiger partial charge >= 0.3 is 0 Å². The molecule has 0 radical (unpaired) electrons. The fourth-order valence-corrected chi connectivity index (χ4v) is 3.14. The Kier molecular flexibility index (Phi) is 5.50. The number of aliphatic hydroxyl groups is 1. The fraction of sp³-hybridized carbons (Fsp3) is 0.538. The zero-order valence-electron chi connectivity index (χ0n) is 11.7. The maximum Gasteiger partial charge on any atom is 0.242 e. The van der Waals surface area contributed by atoms with E-state index < -0.39 is 21.3 Å². The lowest BCUT2D eigenvalue weighted by Crippen LogP contribution is -2.39. The van der Waals surface area contributed by atoms with Crippen molar-refractivity contribution in [2.75, 3.05) is 18.9 Å². The van der Waals surface area contributed by atoms with Gasteiger partial charge in [0.1, 0.15) is 10.7 Å². The highest BCUT2D eigenvalue weighted by Crippen LogP contribution is 2.26. The van der Waals surface area contributed by atoms with Crippen LogP contribution in [0.2, 0.25) is 0 Å². The van der Waals surface area contributed by atoms with Gasteiger partial charge in [0.15, 0.2) is 0 Å². The van der Waals surface area contributed by atoms with Gasteiger partial charge in [0, 0.05) is 18.6 Å². The van der Waals surface area contributed by atoms with Crippen molar-refractivity contribution in [2.24, 2.45) is 5.41 Å². The molecule has 1 aromatic rings. The fourth-order valence-electron chi connectivity index (χ4n) is 1.85. The standard InChI is InChI=1S/C13H21FN2O3S/c1-3-13(4-2,9-17)8-16-20(18,19)12-7-10(14)5-6-11(12)15/h5-7,16-17H,3-4,8-9,15H2,1-2H3. The summed E-state index contributed by atoms with van der Waals surface area (Å²) in [5.74, 6) is -0.668. The molecule has 5 nitrogen and oxygen atoms in total. The van der Waals surface area contributed by atoms with Crippen LogP contribution < -0.4 is 10.5 Å². The molecule has 1 rings (SSSR count). The number of benzene rings is 1. The summed E-state index contributed by atoms with van der Waals surface area (Å²) in [5.41, 5.74) is 5.05. The Labute approximate surface area is 119 Å². The van der Waals surface area contributed by atoms with Crippen molar-refractivity contribution in [3.8, 4) is 0 Å². The second kappa shape index (κ2) is 6.51. The highest BCUT2D eigenvalue weighted by molar-refractivity contribution is 7.89. The first-order valence-electron chi connectivity index (χ1n) is 6.46. The van der Waals surface area contributed by atoms with Crippen LogP contribution in [-0.2, 0) is 10.0 Å². The van der Waals surface area contributed by atoms with Gasteiger partial charge < -0.3 is 10.8 Å². The van der Waals surface area contributed by atoms with Gasteiger partial charge in [0.25, 0.3) is 0 Å². The van der Waals surface area contributed by atoms with Crippen LogP contribution in [-0.4, -0.2) is 26.7 Å². The normalized spacial score (nSPS) is 12.6. The maximum absolute atomic E-state index is 13.2. The zero-order valence-corrected chi connectivity index (χ0v) is 12.5. The second-order valence-corrected chi connectivity index (χ2v) is 6.61. The van der Waals surface area contributed by atoms with E-state index >= 15 is 0 Å². The number of anilines is 1. The molecule has 114 valence electrons. The van der Waals surface area contributed by atoms with Gasteiger partial charge in [-0.1, -0.05) is 13.8 Å². The van der Waals surface area contributed by atoms with Gasteiger partial charge in [-0.3, -0.25) is 0 Å². The number of sulfonamides is 1. The third-order valence-electron chi connectivity index (χ3n) is 3.74. The molecule has 0 aliphatic rings. The van der Waals surface area contributed by atoms with Gasteiger partial charge in [-0.15, -0.1) is 0 Å². The first-order valence-corrected chi connectivity index (χ1v) is 7.94. The molecule has 0 heterocycles. The minimum atomic E-state index is -3.90. The molecule has 0 saturated heterocycles. The topological polar surface area (TPSA) is 92.4 Å². The van der Waals surface area contributed by atoms with Gasteiger partial charge in [0.05, 0.1) is 5.69 Å². The van der Waals surface area contributed by atoms with E-state index in [0.717, 1.165) is 12.1 Å². The quantitative estimate of drug-likeness (QED) is 0.665. The number of aliphatic hydroxyl groups excluding tert-OH is 1. The number of hydrogen-bond donors (Lipinski definition) is 3. The van der Waals surface area contributed by atoms with Crippen molar-refractivity contribution in [2.45, 2.75) is 31.6 Å². The van der Waals surface area contributed by atoms with E-state index in [1.807, 2.05) is 13.8 Å². The van der Waals surface area contributed by atoms with Crippen LogP contribution in [0.25, 0.3) is 0 Å². The molecule has 0 fully saturated rings. The van der Waals surface area contributed by atoms with E-state index in [1.54, 1.807) is 0 Å². The third kappa shape index (κ3) is 3.68. The van der Waals surface area contributed by atoms with Crippen LogP contribution in [0.5, 0.6) is 0 Å². The van der Waals surface area contributed by atoms with Crippen molar-refractivity contribution in [3.63, 3.8) is 0 Å². The molecule has 0 saturated carbocycles. The van der Waals surface area contributed by atoms with Gasteiger partial charge in [-0.25, -0.2) is 17.5 Å². The smallest absolute Gasteiger partial charge is 0.242 e. The lowest BCUT2D eigenvalue weighted by atomic mass is 9.84. The summed E-state index contributed by atoms with van der Waals surface area (Å²) in [7, 11) is -3.90. The highest BCUT2D eigenvalue weighted by Gasteiger charge is 2.28. The predicted octanol–water partition coefficient (Wildman–Crippen LogP) is 1.48. The molecular formula is C13H21FN2O3S. The van der Waals surface area contributed by atoms with Crippen molar-refractivity contribution < 1.29 is 17.9 Å². The molecule has 0 unspecified atom stereocenters. The van der Waals surface area contributed by atoms with Crippen LogP contribution in [0.1, 0.15) is 26.7 Å². The van der Waals surface area contributed by atoms with E-state index in [4.69, 9.17) is 5.73 Å². The highest BCUT2D eigenvalue weighted by atomic mass is 32.2. The number of nitrogens with one attached hydrogen (secondary N) is 1. The number of nitrogens with two attached hydrogens (primary N) is 1. The molecule has 0 amide bonds. The average molecular weight is 304 g/mol. The lowest BCUT2D eigenvalue weighted by molar-refractivity contribution is 0.119. The third-order valence-corrected chi connectivity index (χ3v) is 5.19. The van der Waals surface area contributed by atoms with Crippen molar-refractivity contribution >= 4 is 15.7 Å². The zero-order chi connectivity index (χ0) is 15.4. The Morgan fingerprint density at radius 1 is 1.35 bits per heavy atom. The number of hydrogen-bond acceptors (Lipinski definition) is 4. The second-order valence-electron chi connectivity index (χ2n) is 4.87. The molecule has 4 N–H and O–H groups in total. The Balaban J connectivity index is 2.98. The minimum Gasteiger partial charge on any atom is -0.398 e. The summed E-state index contributed by atoms with van der Waals surface area (Å²) >= 11 is 0. The van der Waals surface area contributed by atoms with Gasteiger partial charge in [0.2, 0.25) is 10.0 Å². The molecular weight excluding hydrogens is 283 g/mol. The predicted molar refractivity (Wildman–Crippen MR) is 76.1 cm³/mol.